The van der Waals surface area contributed by atoms with Crippen LogP contribution >= 0.6 is 0 Å². The zero-order valence-electron chi connectivity index (χ0n) is 10.6. The van der Waals surface area contributed by atoms with Crippen molar-refractivity contribution in [2.24, 2.45) is 5.41 Å². The second-order valence-corrected chi connectivity index (χ2v) is 6.42. The van der Waals surface area contributed by atoms with Crippen molar-refractivity contribution < 1.29 is 14.9 Å². The Kier molecular flexibility index (Phi) is 2.82. The van der Waals surface area contributed by atoms with E-state index in [0.717, 1.165) is 12.8 Å². The molecule has 0 radical (unpaired) electrons. The van der Waals surface area contributed by atoms with Crippen LogP contribution in [0.5, 0.6) is 0 Å². The quantitative estimate of drug-likeness (QED) is 0.707. The van der Waals surface area contributed by atoms with Gasteiger partial charge in [0, 0.05) is 12.1 Å². The third kappa shape index (κ3) is 2.12. The SMILES string of the molecule is CC(C)(C)OC(O)N1[C@H](CO)C[C@@]2(C)C[C@@H]12. The number of piperidine rings is 1. The Hall–Kier alpha value is -0.160. The molecule has 0 bridgehead atoms. The first kappa shape index (κ1) is 12.3. The van der Waals surface area contributed by atoms with E-state index in [-0.39, 0.29) is 23.7 Å². The molecule has 0 aromatic heterocycles. The Balaban J connectivity index is 2.02. The fraction of sp³-hybridized carbons (Fsp3) is 1.00. The Morgan fingerprint density at radius 2 is 2.06 bits per heavy atom. The molecule has 0 aromatic carbocycles. The lowest BCUT2D eigenvalue weighted by Crippen LogP contribution is -2.47. The molecule has 2 N–H and O–H groups in total. The highest BCUT2D eigenvalue weighted by atomic mass is 16.6. The number of nitrogens with zero attached hydrogens (tertiary/aromatic N) is 1. The van der Waals surface area contributed by atoms with E-state index in [2.05, 4.69) is 6.92 Å². The molecule has 4 nitrogen and oxygen atoms in total. The summed E-state index contributed by atoms with van der Waals surface area (Å²) in [5.41, 5.74) is -0.0804. The van der Waals surface area contributed by atoms with Crippen LogP contribution in [-0.2, 0) is 4.74 Å². The van der Waals surface area contributed by atoms with Crippen molar-refractivity contribution >= 4 is 0 Å². The van der Waals surface area contributed by atoms with Gasteiger partial charge in [-0.1, -0.05) is 6.92 Å². The van der Waals surface area contributed by atoms with E-state index in [4.69, 9.17) is 4.74 Å². The second-order valence-electron chi connectivity index (χ2n) is 6.42. The summed E-state index contributed by atoms with van der Waals surface area (Å²) in [7, 11) is 0. The molecule has 2 fully saturated rings. The minimum Gasteiger partial charge on any atom is -0.395 e. The van der Waals surface area contributed by atoms with E-state index in [1.54, 1.807) is 0 Å². The number of rotatable bonds is 3. The van der Waals surface area contributed by atoms with Crippen LogP contribution in [-0.4, -0.2) is 45.8 Å². The van der Waals surface area contributed by atoms with Gasteiger partial charge in [-0.25, -0.2) is 4.90 Å². The van der Waals surface area contributed by atoms with Crippen molar-refractivity contribution in [3.8, 4) is 0 Å². The monoisotopic (exact) mass is 229 g/mol. The lowest BCUT2D eigenvalue weighted by molar-refractivity contribution is -0.249. The normalized spacial score (nSPS) is 40.9. The van der Waals surface area contributed by atoms with Gasteiger partial charge in [-0.3, -0.25) is 0 Å². The highest BCUT2D eigenvalue weighted by Gasteiger charge is 2.63. The Morgan fingerprint density at radius 1 is 1.44 bits per heavy atom. The second kappa shape index (κ2) is 3.67. The Labute approximate surface area is 97.2 Å². The molecule has 2 aliphatic rings. The van der Waals surface area contributed by atoms with Gasteiger partial charge in [0.15, 0.2) is 0 Å². The fourth-order valence-corrected chi connectivity index (χ4v) is 2.84. The first-order valence-corrected chi connectivity index (χ1v) is 6.01. The average molecular weight is 229 g/mol. The van der Waals surface area contributed by atoms with Crippen LogP contribution in [0.2, 0.25) is 0 Å². The van der Waals surface area contributed by atoms with Crippen LogP contribution in [0.1, 0.15) is 40.5 Å². The van der Waals surface area contributed by atoms with E-state index in [1.807, 2.05) is 25.7 Å². The maximum absolute atomic E-state index is 10.1. The molecule has 1 aliphatic heterocycles. The summed E-state index contributed by atoms with van der Waals surface area (Å²) in [5.74, 6) is 0. The first-order valence-electron chi connectivity index (χ1n) is 6.01. The molecule has 1 aliphatic carbocycles. The lowest BCUT2D eigenvalue weighted by atomic mass is 10.0. The zero-order valence-corrected chi connectivity index (χ0v) is 10.6. The fourth-order valence-electron chi connectivity index (χ4n) is 2.84. The van der Waals surface area contributed by atoms with Crippen molar-refractivity contribution in [2.75, 3.05) is 6.61 Å². The van der Waals surface area contributed by atoms with Crippen LogP contribution in [0, 0.1) is 5.41 Å². The van der Waals surface area contributed by atoms with E-state index in [9.17, 15) is 10.2 Å². The molecule has 2 rings (SSSR count). The molecular weight excluding hydrogens is 206 g/mol. The van der Waals surface area contributed by atoms with Gasteiger partial charge in [-0.15, -0.1) is 0 Å². The molecule has 0 aromatic rings. The summed E-state index contributed by atoms with van der Waals surface area (Å²) in [6.45, 7) is 8.08. The summed E-state index contributed by atoms with van der Waals surface area (Å²) < 4.78 is 5.57. The van der Waals surface area contributed by atoms with E-state index >= 15 is 0 Å². The van der Waals surface area contributed by atoms with E-state index < -0.39 is 6.41 Å². The Morgan fingerprint density at radius 3 is 2.56 bits per heavy atom. The van der Waals surface area contributed by atoms with Crippen LogP contribution in [0.15, 0.2) is 0 Å². The largest absolute Gasteiger partial charge is 0.395 e. The van der Waals surface area contributed by atoms with Crippen LogP contribution in [0.4, 0.5) is 0 Å². The molecule has 4 heteroatoms. The summed E-state index contributed by atoms with van der Waals surface area (Å²) in [5, 5.41) is 19.4. The predicted molar refractivity (Wildman–Crippen MR) is 60.7 cm³/mol. The van der Waals surface area contributed by atoms with Gasteiger partial charge in [0.05, 0.1) is 12.2 Å². The molecule has 94 valence electrons. The van der Waals surface area contributed by atoms with Gasteiger partial charge in [0.25, 0.3) is 0 Å². The third-order valence-electron chi connectivity index (χ3n) is 3.71. The molecular formula is C12H23NO3. The molecule has 1 saturated carbocycles. The summed E-state index contributed by atoms with van der Waals surface area (Å²) >= 11 is 0. The van der Waals surface area contributed by atoms with Gasteiger partial charge in [0.2, 0.25) is 6.41 Å². The number of fused-ring (bicyclic) bond motifs is 1. The molecule has 0 amide bonds. The van der Waals surface area contributed by atoms with Crippen molar-refractivity contribution in [3.63, 3.8) is 0 Å². The minimum absolute atomic E-state index is 0.0427. The highest BCUT2D eigenvalue weighted by molar-refractivity contribution is 5.14. The maximum atomic E-state index is 10.1. The lowest BCUT2D eigenvalue weighted by Gasteiger charge is -2.34. The van der Waals surface area contributed by atoms with Gasteiger partial charge in [-0.05, 0) is 39.0 Å². The van der Waals surface area contributed by atoms with Gasteiger partial charge in [0.1, 0.15) is 0 Å². The van der Waals surface area contributed by atoms with Crippen molar-refractivity contribution in [2.45, 2.75) is 64.6 Å². The minimum atomic E-state index is -0.897. The van der Waals surface area contributed by atoms with E-state index in [0.29, 0.717) is 6.04 Å². The maximum Gasteiger partial charge on any atom is 0.217 e. The number of hydrogen-bond donors (Lipinski definition) is 2. The molecule has 1 unspecified atom stereocenters. The van der Waals surface area contributed by atoms with Gasteiger partial charge >= 0.3 is 0 Å². The highest BCUT2D eigenvalue weighted by Crippen LogP contribution is 2.59. The standard InChI is InChI=1S/C12H23NO3/c1-11(2,3)16-10(15)13-8(7-14)5-12(4)6-9(12)13/h8-10,14-15H,5-7H2,1-4H3/t8-,9+,10?,12-/m0/s1. The van der Waals surface area contributed by atoms with Gasteiger partial charge in [-0.2, -0.15) is 0 Å². The topological polar surface area (TPSA) is 52.9 Å². The van der Waals surface area contributed by atoms with Crippen molar-refractivity contribution in [3.05, 3.63) is 0 Å². The molecule has 1 saturated heterocycles. The molecule has 0 spiro atoms. The third-order valence-corrected chi connectivity index (χ3v) is 3.71. The van der Waals surface area contributed by atoms with E-state index in [1.165, 1.54) is 0 Å². The van der Waals surface area contributed by atoms with Gasteiger partial charge < -0.3 is 14.9 Å². The number of likely N-dealkylation sites (tertiary alicyclic amines) is 1. The number of hydrogen-bond acceptors (Lipinski definition) is 4. The number of ether oxygens (including phenoxy) is 1. The zero-order chi connectivity index (χ0) is 12.1. The Bertz CT molecular complexity index is 276. The molecule has 16 heavy (non-hydrogen) atoms. The predicted octanol–water partition coefficient (Wildman–Crippen LogP) is 0.923. The smallest absolute Gasteiger partial charge is 0.217 e. The van der Waals surface area contributed by atoms with Crippen LogP contribution < -0.4 is 0 Å². The van der Waals surface area contributed by atoms with Crippen LogP contribution in [0.3, 0.4) is 0 Å². The van der Waals surface area contributed by atoms with Crippen molar-refractivity contribution in [1.82, 2.24) is 4.90 Å². The van der Waals surface area contributed by atoms with Crippen molar-refractivity contribution in [1.29, 1.82) is 0 Å². The molecule has 4 atom stereocenters. The summed E-state index contributed by atoms with van der Waals surface area (Å²) in [6, 6.07) is 0.420. The van der Waals surface area contributed by atoms with Crippen LogP contribution in [0.25, 0.3) is 0 Å². The summed E-state index contributed by atoms with van der Waals surface area (Å²) in [4.78, 5) is 1.94. The number of aliphatic hydroxyl groups excluding tert-OH is 2. The summed E-state index contributed by atoms with van der Waals surface area (Å²) in [6.07, 6.45) is 1.17. The average Bonchev–Trinajstić information content (AvgIpc) is 2.65. The molecule has 1 heterocycles. The number of aliphatic hydroxyl groups is 2. The first-order chi connectivity index (χ1) is 7.27.